The van der Waals surface area contributed by atoms with Gasteiger partial charge in [0.25, 0.3) is 0 Å². The zero-order valence-electron chi connectivity index (χ0n) is 21.2. The molecule has 1 atom stereocenters. The van der Waals surface area contributed by atoms with Crippen molar-refractivity contribution in [2.45, 2.75) is 31.3 Å². The molecule has 40 heavy (non-hydrogen) atoms. The van der Waals surface area contributed by atoms with Crippen LogP contribution >= 0.6 is 0 Å². The van der Waals surface area contributed by atoms with Crippen LogP contribution in [0.25, 0.3) is 5.57 Å². The lowest BCUT2D eigenvalue weighted by Crippen LogP contribution is -2.30. The molecule has 1 saturated heterocycles. The topological polar surface area (TPSA) is 86.4 Å². The quantitative estimate of drug-likeness (QED) is 0.234. The van der Waals surface area contributed by atoms with E-state index >= 15 is 0 Å². The Morgan fingerprint density at radius 3 is 2.42 bits per heavy atom. The summed E-state index contributed by atoms with van der Waals surface area (Å²) in [4.78, 5) is 17.5. The largest absolute Gasteiger partial charge is 0.420 e. The molecule has 0 saturated carbocycles. The van der Waals surface area contributed by atoms with Crippen LogP contribution in [0.5, 0.6) is 5.75 Å². The van der Waals surface area contributed by atoms with Gasteiger partial charge in [-0.15, -0.1) is 0 Å². The van der Waals surface area contributed by atoms with Crippen LogP contribution in [0.2, 0.25) is 0 Å². The minimum atomic E-state index is -5.35. The number of benzene rings is 2. The second-order valence-electron chi connectivity index (χ2n) is 8.67. The van der Waals surface area contributed by atoms with Crippen molar-refractivity contribution in [3.63, 3.8) is 0 Å². The maximum absolute atomic E-state index is 14.0. The van der Waals surface area contributed by atoms with Crippen LogP contribution in [0.3, 0.4) is 0 Å². The number of nitrogens with zero attached hydrogens (tertiary/aromatic N) is 2. The molecule has 1 fully saturated rings. The highest BCUT2D eigenvalue weighted by Crippen LogP contribution is 2.44. The van der Waals surface area contributed by atoms with Gasteiger partial charge in [-0.1, -0.05) is 0 Å². The van der Waals surface area contributed by atoms with Crippen molar-refractivity contribution in [2.75, 3.05) is 38.3 Å². The normalized spacial score (nSPS) is 16.8. The summed E-state index contributed by atoms with van der Waals surface area (Å²) >= 11 is 0. The van der Waals surface area contributed by atoms with Gasteiger partial charge in [-0.05, 0) is 49.2 Å². The fourth-order valence-corrected chi connectivity index (χ4v) is 3.73. The van der Waals surface area contributed by atoms with Crippen molar-refractivity contribution in [2.24, 2.45) is 10.7 Å². The molecule has 1 unspecified atom stereocenters. The van der Waals surface area contributed by atoms with Crippen molar-refractivity contribution in [3.8, 4) is 5.75 Å². The molecule has 1 aliphatic rings. The Bertz CT molecular complexity index is 1220. The molecule has 0 aromatic heterocycles. The molecule has 1 heterocycles. The van der Waals surface area contributed by atoms with Crippen molar-refractivity contribution >= 4 is 23.6 Å². The van der Waals surface area contributed by atoms with Crippen LogP contribution in [0.15, 0.2) is 47.6 Å². The number of alkyl halides is 6. The number of nitrogens with two attached hydrogens (primary N) is 1. The van der Waals surface area contributed by atoms with Crippen LogP contribution in [0.4, 0.5) is 41.2 Å². The van der Waals surface area contributed by atoms with E-state index in [9.17, 15) is 35.5 Å². The number of carbonyl (C=O) groups excluding carboxylic acids is 1. The van der Waals surface area contributed by atoms with E-state index in [4.69, 9.17) is 19.9 Å². The van der Waals surface area contributed by atoms with E-state index < -0.39 is 46.7 Å². The van der Waals surface area contributed by atoms with E-state index in [0.717, 1.165) is 61.5 Å². The fourth-order valence-electron chi connectivity index (χ4n) is 3.73. The maximum atomic E-state index is 14.0. The molecule has 0 spiro atoms. The molecule has 1 aliphatic heterocycles. The van der Waals surface area contributed by atoms with E-state index in [2.05, 4.69) is 4.99 Å². The van der Waals surface area contributed by atoms with Crippen LogP contribution in [-0.2, 0) is 21.8 Å². The Morgan fingerprint density at radius 1 is 1.15 bits per heavy atom. The van der Waals surface area contributed by atoms with Gasteiger partial charge in [0.2, 0.25) is 0 Å². The predicted molar refractivity (Wildman–Crippen MR) is 133 cm³/mol. The summed E-state index contributed by atoms with van der Waals surface area (Å²) in [7, 11) is 1.13. The van der Waals surface area contributed by atoms with Gasteiger partial charge < -0.3 is 19.9 Å². The fraction of sp³-hybridized carbons (Fsp3) is 0.385. The highest BCUT2D eigenvalue weighted by Gasteiger charge is 2.41. The minimum absolute atomic E-state index is 0.0152. The molecule has 0 bridgehead atoms. The monoisotopic (exact) mass is 577 g/mol. The summed E-state index contributed by atoms with van der Waals surface area (Å²) in [6.07, 6.45) is -8.73. The van der Waals surface area contributed by atoms with E-state index in [0.29, 0.717) is 19.3 Å². The van der Waals surface area contributed by atoms with Gasteiger partial charge in [-0.25, -0.2) is 9.18 Å². The average Bonchev–Trinajstić information content (AvgIpc) is 2.90. The van der Waals surface area contributed by atoms with E-state index in [-0.39, 0.29) is 36.6 Å². The SMILES string of the molecule is CN(C(=O)Oc1c(C(C=NCCOC2CCCOC2)=CN)cc(C(F)(F)F)cc1C(F)(F)F)c1ccc(F)cc1. The van der Waals surface area contributed by atoms with Gasteiger partial charge in [-0.2, -0.15) is 26.3 Å². The number of carbonyl (C=O) groups is 1. The summed E-state index contributed by atoms with van der Waals surface area (Å²) in [6.45, 7) is 1.17. The number of hydrogen-bond acceptors (Lipinski definition) is 6. The summed E-state index contributed by atoms with van der Waals surface area (Å²) in [5, 5.41) is 0. The van der Waals surface area contributed by atoms with E-state index in [1.807, 2.05) is 0 Å². The van der Waals surface area contributed by atoms with Gasteiger partial charge in [0.15, 0.2) is 5.75 Å². The first-order valence-electron chi connectivity index (χ1n) is 12.0. The average molecular weight is 577 g/mol. The molecule has 0 radical (unpaired) electrons. The van der Waals surface area contributed by atoms with E-state index in [1.165, 1.54) is 0 Å². The third-order valence-corrected chi connectivity index (χ3v) is 5.81. The smallest absolute Gasteiger partial charge is 0.409 e. The van der Waals surface area contributed by atoms with Crippen LogP contribution in [0, 0.1) is 5.82 Å². The first kappa shape index (κ1) is 30.9. The number of halogens is 7. The van der Waals surface area contributed by atoms with Gasteiger partial charge in [0.05, 0.1) is 37.0 Å². The molecule has 7 nitrogen and oxygen atoms in total. The van der Waals surface area contributed by atoms with Crippen LogP contribution in [-0.4, -0.2) is 51.8 Å². The lowest BCUT2D eigenvalue weighted by Gasteiger charge is -2.22. The zero-order chi connectivity index (χ0) is 29.5. The number of ether oxygens (including phenoxy) is 3. The third-order valence-electron chi connectivity index (χ3n) is 5.81. The molecule has 14 heteroatoms. The number of allylic oxidation sites excluding steroid dienone is 1. The summed E-state index contributed by atoms with van der Waals surface area (Å²) in [6, 6.07) is 4.55. The second kappa shape index (κ2) is 13.1. The molecule has 1 amide bonds. The predicted octanol–water partition coefficient (Wildman–Crippen LogP) is 6.06. The second-order valence-corrected chi connectivity index (χ2v) is 8.67. The molecular weight excluding hydrogens is 551 g/mol. The number of rotatable bonds is 8. The Hall–Kier alpha value is -3.65. The van der Waals surface area contributed by atoms with Crippen LogP contribution < -0.4 is 15.4 Å². The number of hydrogen-bond donors (Lipinski definition) is 1. The van der Waals surface area contributed by atoms with E-state index in [1.54, 1.807) is 0 Å². The molecule has 218 valence electrons. The molecule has 2 aromatic carbocycles. The minimum Gasteiger partial charge on any atom is -0.409 e. The van der Waals surface area contributed by atoms with Gasteiger partial charge in [-0.3, -0.25) is 9.89 Å². The molecular formula is C26H26F7N3O4. The summed E-state index contributed by atoms with van der Waals surface area (Å²) in [5.74, 6) is -1.84. The van der Waals surface area contributed by atoms with Crippen molar-refractivity contribution in [1.29, 1.82) is 0 Å². The lowest BCUT2D eigenvalue weighted by atomic mass is 9.98. The van der Waals surface area contributed by atoms with Gasteiger partial charge >= 0.3 is 18.4 Å². The Morgan fingerprint density at radius 2 is 1.85 bits per heavy atom. The number of amides is 1. The maximum Gasteiger partial charge on any atom is 0.420 e. The highest BCUT2D eigenvalue weighted by molar-refractivity contribution is 6.11. The summed E-state index contributed by atoms with van der Waals surface area (Å²) in [5.41, 5.74) is 0.982. The Kier molecular flexibility index (Phi) is 10.1. The molecule has 3 rings (SSSR count). The third kappa shape index (κ3) is 8.18. The standard InChI is InChI=1S/C26H26F7N3O4/c1-36(19-6-4-18(27)5-7-19)24(37)40-23-21(11-17(25(28,29)30)12-22(23)26(31,32)33)16(13-34)14-35-8-10-39-20-3-2-9-38-15-20/h4-7,11-14,20H,2-3,8-10,15,34H2,1H3. The highest BCUT2D eigenvalue weighted by atomic mass is 19.4. The van der Waals surface area contributed by atoms with Crippen molar-refractivity contribution < 1.29 is 49.7 Å². The number of aliphatic imine (C=N–C) groups is 1. The van der Waals surface area contributed by atoms with Crippen molar-refractivity contribution in [3.05, 3.63) is 65.1 Å². The zero-order valence-corrected chi connectivity index (χ0v) is 21.2. The van der Waals surface area contributed by atoms with Crippen molar-refractivity contribution in [1.82, 2.24) is 0 Å². The number of anilines is 1. The van der Waals surface area contributed by atoms with Gasteiger partial charge in [0, 0.05) is 42.9 Å². The first-order valence-corrected chi connectivity index (χ1v) is 12.0. The Balaban J connectivity index is 1.96. The first-order chi connectivity index (χ1) is 18.8. The van der Waals surface area contributed by atoms with Crippen LogP contribution in [0.1, 0.15) is 29.5 Å². The summed E-state index contributed by atoms with van der Waals surface area (Å²) < 4.78 is 112. The molecule has 2 aromatic rings. The van der Waals surface area contributed by atoms with Gasteiger partial charge in [0.1, 0.15) is 5.82 Å². The Labute approximate surface area is 225 Å². The lowest BCUT2D eigenvalue weighted by molar-refractivity contribution is -0.143. The molecule has 0 aliphatic carbocycles. The molecule has 2 N–H and O–H groups in total.